The molecule has 3 aliphatic rings. The molecule has 3 heterocycles. The van der Waals surface area contributed by atoms with Gasteiger partial charge in [0.2, 0.25) is 11.8 Å². The van der Waals surface area contributed by atoms with Gasteiger partial charge in [0.05, 0.1) is 34.3 Å². The van der Waals surface area contributed by atoms with Crippen LogP contribution < -0.4 is 4.90 Å². The lowest BCUT2D eigenvalue weighted by molar-refractivity contribution is -0.126. The summed E-state index contributed by atoms with van der Waals surface area (Å²) in [4.78, 5) is 26.4. The number of halogens is 2. The van der Waals surface area contributed by atoms with Crippen molar-refractivity contribution >= 4 is 29.1 Å². The first-order chi connectivity index (χ1) is 9.92. The van der Waals surface area contributed by atoms with Crippen LogP contribution in [0.4, 0.5) is 10.1 Å². The van der Waals surface area contributed by atoms with Crippen molar-refractivity contribution in [3.8, 4) is 0 Å². The van der Waals surface area contributed by atoms with Gasteiger partial charge in [0.1, 0.15) is 5.82 Å². The van der Waals surface area contributed by atoms with E-state index in [1.807, 2.05) is 6.92 Å². The maximum atomic E-state index is 13.3. The number of hydrogen-bond acceptors (Lipinski definition) is 3. The monoisotopic (exact) mass is 309 g/mol. The summed E-state index contributed by atoms with van der Waals surface area (Å²) in [6, 6.07) is 3.89. The number of imide groups is 1. The van der Waals surface area contributed by atoms with Crippen molar-refractivity contribution in [3.63, 3.8) is 0 Å². The van der Waals surface area contributed by atoms with Crippen LogP contribution in [0.1, 0.15) is 19.8 Å². The van der Waals surface area contributed by atoms with E-state index in [0.29, 0.717) is 5.69 Å². The second-order valence-corrected chi connectivity index (χ2v) is 6.53. The van der Waals surface area contributed by atoms with Crippen LogP contribution in [0.15, 0.2) is 18.2 Å². The molecule has 1 unspecified atom stereocenters. The van der Waals surface area contributed by atoms with Crippen LogP contribution in [-0.2, 0) is 14.3 Å². The van der Waals surface area contributed by atoms with Gasteiger partial charge in [-0.1, -0.05) is 11.6 Å². The molecule has 4 nitrogen and oxygen atoms in total. The molecule has 110 valence electrons. The quantitative estimate of drug-likeness (QED) is 0.749. The zero-order chi connectivity index (χ0) is 14.9. The van der Waals surface area contributed by atoms with Gasteiger partial charge in [-0.2, -0.15) is 0 Å². The fraction of sp³-hybridized carbons (Fsp3) is 0.467. The van der Waals surface area contributed by atoms with Crippen LogP contribution in [0, 0.1) is 17.7 Å². The second-order valence-electron chi connectivity index (χ2n) is 6.12. The number of hydrogen-bond donors (Lipinski definition) is 0. The van der Waals surface area contributed by atoms with E-state index in [2.05, 4.69) is 0 Å². The molecule has 3 aliphatic heterocycles. The van der Waals surface area contributed by atoms with Gasteiger partial charge in [0.15, 0.2) is 0 Å². The molecule has 0 radical (unpaired) electrons. The van der Waals surface area contributed by atoms with E-state index in [1.54, 1.807) is 0 Å². The van der Waals surface area contributed by atoms with E-state index in [4.69, 9.17) is 16.3 Å². The van der Waals surface area contributed by atoms with Crippen LogP contribution in [0.25, 0.3) is 0 Å². The summed E-state index contributed by atoms with van der Waals surface area (Å²) >= 11 is 5.76. The Hall–Kier alpha value is -1.46. The first kappa shape index (κ1) is 13.2. The number of benzene rings is 1. The predicted molar refractivity (Wildman–Crippen MR) is 73.4 cm³/mol. The van der Waals surface area contributed by atoms with E-state index in [1.165, 1.54) is 18.2 Å². The minimum atomic E-state index is -0.574. The first-order valence-electron chi connectivity index (χ1n) is 6.93. The Morgan fingerprint density at radius 1 is 1.38 bits per heavy atom. The van der Waals surface area contributed by atoms with Gasteiger partial charge in [-0.15, -0.1) is 0 Å². The number of amides is 2. The first-order valence-corrected chi connectivity index (χ1v) is 7.31. The van der Waals surface area contributed by atoms with Crippen LogP contribution in [-0.4, -0.2) is 23.5 Å². The summed E-state index contributed by atoms with van der Waals surface area (Å²) in [7, 11) is 0. The Morgan fingerprint density at radius 2 is 2.14 bits per heavy atom. The molecule has 3 saturated heterocycles. The smallest absolute Gasteiger partial charge is 0.240 e. The van der Waals surface area contributed by atoms with Gasteiger partial charge >= 0.3 is 0 Å². The summed E-state index contributed by atoms with van der Waals surface area (Å²) in [5, 5.41) is -0.101. The fourth-order valence-corrected chi connectivity index (χ4v) is 4.14. The topological polar surface area (TPSA) is 46.6 Å². The van der Waals surface area contributed by atoms with E-state index >= 15 is 0 Å². The minimum Gasteiger partial charge on any atom is -0.370 e. The standard InChI is InChI=1S/C15H13ClFNO3/c1-15-5-4-10(21-15)11-12(15)14(20)18(13(11)19)7-2-3-9(17)8(16)6-7/h2-3,6,10-12H,4-5H2,1H3/t10-,11-,12+,15?/m0/s1. The SMILES string of the molecule is CC12CC[C@H](O1)[C@@H]1C(=O)N(c3ccc(F)c(Cl)c3)C(=O)[C@@H]12. The number of fused-ring (bicyclic) bond motifs is 5. The molecule has 3 fully saturated rings. The van der Waals surface area contributed by atoms with E-state index in [9.17, 15) is 14.0 Å². The highest BCUT2D eigenvalue weighted by atomic mass is 35.5. The summed E-state index contributed by atoms with van der Waals surface area (Å²) in [5.41, 5.74) is -0.227. The Balaban J connectivity index is 1.77. The third-order valence-corrected chi connectivity index (χ3v) is 5.21. The highest BCUT2D eigenvalue weighted by Crippen LogP contribution is 2.55. The Bertz CT molecular complexity index is 679. The molecule has 0 aliphatic carbocycles. The number of carbonyl (C=O) groups excluding carboxylic acids is 2. The Labute approximate surface area is 125 Å². The van der Waals surface area contributed by atoms with E-state index in [-0.39, 0.29) is 22.9 Å². The molecule has 21 heavy (non-hydrogen) atoms. The summed E-state index contributed by atoms with van der Waals surface area (Å²) in [6.45, 7) is 1.89. The van der Waals surface area contributed by atoms with Gasteiger partial charge < -0.3 is 4.74 Å². The molecule has 1 aromatic carbocycles. The summed E-state index contributed by atoms with van der Waals surface area (Å²) in [5.74, 6) is -1.96. The van der Waals surface area contributed by atoms with Crippen LogP contribution in [0.2, 0.25) is 5.02 Å². The summed E-state index contributed by atoms with van der Waals surface area (Å²) in [6.07, 6.45) is 1.40. The second kappa shape index (κ2) is 4.05. The highest BCUT2D eigenvalue weighted by Gasteiger charge is 2.67. The van der Waals surface area contributed by atoms with Crippen molar-refractivity contribution < 1.29 is 18.7 Å². The Morgan fingerprint density at radius 3 is 2.81 bits per heavy atom. The molecule has 0 spiro atoms. The minimum absolute atomic E-state index is 0.101. The molecule has 2 bridgehead atoms. The molecule has 0 aromatic heterocycles. The molecular weight excluding hydrogens is 297 g/mol. The van der Waals surface area contributed by atoms with Crippen LogP contribution in [0.3, 0.4) is 0 Å². The maximum Gasteiger partial charge on any atom is 0.240 e. The number of carbonyl (C=O) groups is 2. The average molecular weight is 310 g/mol. The van der Waals surface area contributed by atoms with Gasteiger partial charge in [-0.25, -0.2) is 9.29 Å². The largest absolute Gasteiger partial charge is 0.370 e. The predicted octanol–water partition coefficient (Wildman–Crippen LogP) is 2.54. The van der Waals surface area contributed by atoms with E-state index in [0.717, 1.165) is 17.7 Å². The lowest BCUT2D eigenvalue weighted by atomic mass is 9.74. The molecule has 6 heteroatoms. The molecule has 2 amide bonds. The zero-order valence-corrected chi connectivity index (χ0v) is 12.1. The maximum absolute atomic E-state index is 13.3. The van der Waals surface area contributed by atoms with Gasteiger partial charge in [-0.05, 0) is 38.0 Å². The van der Waals surface area contributed by atoms with Crippen molar-refractivity contribution in [3.05, 3.63) is 29.0 Å². The molecule has 0 N–H and O–H groups in total. The van der Waals surface area contributed by atoms with Gasteiger partial charge in [-0.3, -0.25) is 9.59 Å². The zero-order valence-electron chi connectivity index (χ0n) is 11.3. The number of anilines is 1. The van der Waals surface area contributed by atoms with E-state index < -0.39 is 23.3 Å². The number of nitrogens with zero attached hydrogens (tertiary/aromatic N) is 1. The van der Waals surface area contributed by atoms with Crippen molar-refractivity contribution in [2.75, 3.05) is 4.90 Å². The van der Waals surface area contributed by atoms with Crippen molar-refractivity contribution in [1.82, 2.24) is 0 Å². The van der Waals surface area contributed by atoms with Crippen molar-refractivity contribution in [2.24, 2.45) is 11.8 Å². The normalized spacial score (nSPS) is 37.5. The molecule has 1 aromatic rings. The van der Waals surface area contributed by atoms with Crippen molar-refractivity contribution in [1.29, 1.82) is 0 Å². The number of ether oxygens (including phenoxy) is 1. The number of rotatable bonds is 1. The lowest BCUT2D eigenvalue weighted by Crippen LogP contribution is -2.39. The molecular formula is C15H13ClFNO3. The summed E-state index contributed by atoms with van der Waals surface area (Å²) < 4.78 is 19.1. The molecule has 4 rings (SSSR count). The molecule has 4 atom stereocenters. The third-order valence-electron chi connectivity index (χ3n) is 4.92. The van der Waals surface area contributed by atoms with Gasteiger partial charge in [0.25, 0.3) is 0 Å². The van der Waals surface area contributed by atoms with Gasteiger partial charge in [0, 0.05) is 0 Å². The molecule has 0 saturated carbocycles. The Kier molecular flexibility index (Phi) is 2.55. The average Bonchev–Trinajstić information content (AvgIpc) is 3.03. The van der Waals surface area contributed by atoms with Crippen LogP contribution in [0.5, 0.6) is 0 Å². The van der Waals surface area contributed by atoms with Crippen molar-refractivity contribution in [2.45, 2.75) is 31.5 Å². The third kappa shape index (κ3) is 1.59. The lowest BCUT2D eigenvalue weighted by Gasteiger charge is -2.26. The highest BCUT2D eigenvalue weighted by molar-refractivity contribution is 6.31. The fourth-order valence-electron chi connectivity index (χ4n) is 3.96. The van der Waals surface area contributed by atoms with Crippen LogP contribution >= 0.6 is 11.6 Å².